The van der Waals surface area contributed by atoms with Gasteiger partial charge in [0.25, 0.3) is 0 Å². The average Bonchev–Trinajstić information content (AvgIpc) is 2.99. The highest BCUT2D eigenvalue weighted by Crippen LogP contribution is 2.41. The number of ether oxygens (including phenoxy) is 2. The van der Waals surface area contributed by atoms with Gasteiger partial charge in [-0.05, 0) is 36.1 Å². The number of benzene rings is 2. The Morgan fingerprint density at radius 2 is 2.04 bits per heavy atom. The second-order valence-electron chi connectivity index (χ2n) is 5.44. The van der Waals surface area contributed by atoms with E-state index in [1.807, 2.05) is 42.5 Å². The molecule has 0 fully saturated rings. The third kappa shape index (κ3) is 3.50. The summed E-state index contributed by atoms with van der Waals surface area (Å²) in [7, 11) is 1.65. The van der Waals surface area contributed by atoms with Crippen LogP contribution < -0.4 is 10.1 Å². The molecule has 4 nitrogen and oxygen atoms in total. The molecule has 1 unspecified atom stereocenters. The Hall–Kier alpha value is -2.01. The van der Waals surface area contributed by atoms with E-state index in [0.29, 0.717) is 0 Å². The van der Waals surface area contributed by atoms with Gasteiger partial charge in [-0.15, -0.1) is 0 Å². The summed E-state index contributed by atoms with van der Waals surface area (Å²) in [5, 5.41) is 2.95. The van der Waals surface area contributed by atoms with Gasteiger partial charge in [0.2, 0.25) is 0 Å². The van der Waals surface area contributed by atoms with Crippen LogP contribution in [-0.2, 0) is 17.8 Å². The fraction of sp³-hybridized carbons (Fsp3) is 0.278. The van der Waals surface area contributed by atoms with Crippen LogP contribution >= 0.6 is 15.9 Å². The van der Waals surface area contributed by atoms with E-state index in [1.165, 1.54) is 5.56 Å². The third-order valence-electron chi connectivity index (χ3n) is 4.02. The smallest absolute Gasteiger partial charge is 0.407 e. The van der Waals surface area contributed by atoms with E-state index < -0.39 is 6.09 Å². The molecule has 0 spiro atoms. The molecule has 1 aliphatic carbocycles. The molecule has 23 heavy (non-hydrogen) atoms. The number of halogens is 1. The Morgan fingerprint density at radius 1 is 1.26 bits per heavy atom. The Kier molecular flexibility index (Phi) is 4.86. The van der Waals surface area contributed by atoms with Gasteiger partial charge in [0.05, 0.1) is 13.2 Å². The van der Waals surface area contributed by atoms with E-state index in [4.69, 9.17) is 9.47 Å². The molecule has 1 amide bonds. The van der Waals surface area contributed by atoms with Crippen LogP contribution in [0.5, 0.6) is 5.75 Å². The van der Waals surface area contributed by atoms with E-state index in [9.17, 15) is 4.79 Å². The minimum absolute atomic E-state index is 0.0827. The highest BCUT2D eigenvalue weighted by Gasteiger charge is 2.29. The highest BCUT2D eigenvalue weighted by molar-refractivity contribution is 9.10. The van der Waals surface area contributed by atoms with Crippen molar-refractivity contribution in [3.8, 4) is 5.75 Å². The van der Waals surface area contributed by atoms with Crippen molar-refractivity contribution in [2.75, 3.05) is 7.11 Å². The molecule has 0 saturated carbocycles. The van der Waals surface area contributed by atoms with Crippen LogP contribution in [0.25, 0.3) is 0 Å². The summed E-state index contributed by atoms with van der Waals surface area (Å²) in [6, 6.07) is 13.4. The predicted octanol–water partition coefficient (Wildman–Crippen LogP) is 4.37. The Balaban J connectivity index is 1.66. The second-order valence-corrected chi connectivity index (χ2v) is 6.29. The molecule has 1 aliphatic rings. The molecule has 1 N–H and O–H groups in total. The van der Waals surface area contributed by atoms with Gasteiger partial charge in [-0.25, -0.2) is 4.79 Å². The first-order valence-electron chi connectivity index (χ1n) is 7.51. The van der Waals surface area contributed by atoms with E-state index in [2.05, 4.69) is 21.2 Å². The van der Waals surface area contributed by atoms with Crippen molar-refractivity contribution in [2.45, 2.75) is 25.5 Å². The van der Waals surface area contributed by atoms with Crippen molar-refractivity contribution in [3.63, 3.8) is 0 Å². The Morgan fingerprint density at radius 3 is 2.78 bits per heavy atom. The zero-order valence-electron chi connectivity index (χ0n) is 12.8. The standard InChI is InChI=1S/C18H18BrNO3/c1-22-16-10-8-14(19)13-7-9-15(17(13)16)20-18(21)23-11-12-5-3-2-4-6-12/h2-6,8,10,15H,7,9,11H2,1H3,(H,20,21). The van der Waals surface area contributed by atoms with Crippen molar-refractivity contribution in [3.05, 3.63) is 63.6 Å². The number of alkyl carbamates (subject to hydrolysis) is 1. The van der Waals surface area contributed by atoms with Gasteiger partial charge in [0.1, 0.15) is 12.4 Å². The summed E-state index contributed by atoms with van der Waals surface area (Å²) in [5.41, 5.74) is 3.20. The summed E-state index contributed by atoms with van der Waals surface area (Å²) in [6.45, 7) is 0.266. The predicted molar refractivity (Wildman–Crippen MR) is 91.5 cm³/mol. The van der Waals surface area contributed by atoms with Gasteiger partial charge in [-0.1, -0.05) is 46.3 Å². The lowest BCUT2D eigenvalue weighted by molar-refractivity contribution is 0.135. The lowest BCUT2D eigenvalue weighted by Crippen LogP contribution is -2.28. The van der Waals surface area contributed by atoms with Gasteiger partial charge < -0.3 is 14.8 Å². The highest BCUT2D eigenvalue weighted by atomic mass is 79.9. The number of hydrogen-bond donors (Lipinski definition) is 1. The number of methoxy groups -OCH3 is 1. The maximum atomic E-state index is 12.1. The van der Waals surface area contributed by atoms with Gasteiger partial charge >= 0.3 is 6.09 Å². The molecular formula is C18H18BrNO3. The summed E-state index contributed by atoms with van der Waals surface area (Å²) >= 11 is 3.57. The van der Waals surface area contributed by atoms with E-state index in [0.717, 1.165) is 34.2 Å². The Bertz CT molecular complexity index is 703. The molecule has 1 atom stereocenters. The summed E-state index contributed by atoms with van der Waals surface area (Å²) in [6.07, 6.45) is 1.33. The molecule has 0 heterocycles. The van der Waals surface area contributed by atoms with E-state index in [-0.39, 0.29) is 12.6 Å². The van der Waals surface area contributed by atoms with Crippen molar-refractivity contribution in [2.24, 2.45) is 0 Å². The Labute approximate surface area is 143 Å². The van der Waals surface area contributed by atoms with Crippen molar-refractivity contribution < 1.29 is 14.3 Å². The van der Waals surface area contributed by atoms with Crippen LogP contribution in [0.4, 0.5) is 4.79 Å². The third-order valence-corrected chi connectivity index (χ3v) is 4.76. The summed E-state index contributed by atoms with van der Waals surface area (Å²) < 4.78 is 11.8. The largest absolute Gasteiger partial charge is 0.496 e. The summed E-state index contributed by atoms with van der Waals surface area (Å²) in [4.78, 5) is 12.1. The molecule has 3 rings (SSSR count). The van der Waals surface area contributed by atoms with Crippen LogP contribution in [0.1, 0.15) is 29.2 Å². The molecule has 5 heteroatoms. The average molecular weight is 376 g/mol. The number of rotatable bonds is 4. The van der Waals surface area contributed by atoms with Crippen LogP contribution in [0, 0.1) is 0 Å². The molecule has 0 saturated heterocycles. The monoisotopic (exact) mass is 375 g/mol. The zero-order valence-corrected chi connectivity index (χ0v) is 14.4. The molecule has 120 valence electrons. The maximum Gasteiger partial charge on any atom is 0.407 e. The molecule has 2 aromatic carbocycles. The first-order chi connectivity index (χ1) is 11.2. The lowest BCUT2D eigenvalue weighted by Gasteiger charge is -2.17. The van der Waals surface area contributed by atoms with E-state index >= 15 is 0 Å². The second kappa shape index (κ2) is 7.04. The number of carbonyl (C=O) groups excluding carboxylic acids is 1. The topological polar surface area (TPSA) is 47.6 Å². The summed E-state index contributed by atoms with van der Waals surface area (Å²) in [5.74, 6) is 0.800. The van der Waals surface area contributed by atoms with Gasteiger partial charge in [-0.3, -0.25) is 0 Å². The van der Waals surface area contributed by atoms with Gasteiger partial charge in [0.15, 0.2) is 0 Å². The van der Waals surface area contributed by atoms with E-state index in [1.54, 1.807) is 7.11 Å². The number of amides is 1. The quantitative estimate of drug-likeness (QED) is 0.862. The van der Waals surface area contributed by atoms with Crippen molar-refractivity contribution in [1.82, 2.24) is 5.32 Å². The lowest BCUT2D eigenvalue weighted by atomic mass is 10.1. The van der Waals surface area contributed by atoms with Crippen molar-refractivity contribution >= 4 is 22.0 Å². The molecule has 0 bridgehead atoms. The number of hydrogen-bond acceptors (Lipinski definition) is 3. The zero-order chi connectivity index (χ0) is 16.2. The van der Waals surface area contributed by atoms with Gasteiger partial charge in [-0.2, -0.15) is 0 Å². The molecule has 2 aromatic rings. The molecule has 0 aromatic heterocycles. The SMILES string of the molecule is COc1ccc(Br)c2c1C(NC(=O)OCc1ccccc1)CC2. The number of nitrogens with one attached hydrogen (secondary N) is 1. The number of fused-ring (bicyclic) bond motifs is 1. The molecule has 0 aliphatic heterocycles. The normalized spacial score (nSPS) is 15.8. The maximum absolute atomic E-state index is 12.1. The first-order valence-corrected chi connectivity index (χ1v) is 8.31. The van der Waals surface area contributed by atoms with Crippen LogP contribution in [0.2, 0.25) is 0 Å². The van der Waals surface area contributed by atoms with Crippen LogP contribution in [0.15, 0.2) is 46.9 Å². The van der Waals surface area contributed by atoms with Gasteiger partial charge in [0, 0.05) is 10.0 Å². The number of carbonyl (C=O) groups is 1. The fourth-order valence-corrected chi connectivity index (χ4v) is 3.46. The molecule has 0 radical (unpaired) electrons. The fourth-order valence-electron chi connectivity index (χ4n) is 2.92. The first kappa shape index (κ1) is 15.9. The van der Waals surface area contributed by atoms with Crippen molar-refractivity contribution in [1.29, 1.82) is 0 Å². The van der Waals surface area contributed by atoms with Crippen LogP contribution in [0.3, 0.4) is 0 Å². The van der Waals surface area contributed by atoms with Crippen LogP contribution in [-0.4, -0.2) is 13.2 Å². The minimum Gasteiger partial charge on any atom is -0.496 e. The minimum atomic E-state index is -0.409. The molecular weight excluding hydrogens is 358 g/mol.